The fourth-order valence-corrected chi connectivity index (χ4v) is 4.04. The zero-order valence-corrected chi connectivity index (χ0v) is 18.5. The average Bonchev–Trinajstić information content (AvgIpc) is 3.14. The van der Waals surface area contributed by atoms with Gasteiger partial charge in [0.15, 0.2) is 5.65 Å². The molecular formula is C22H32N6O2. The summed E-state index contributed by atoms with van der Waals surface area (Å²) in [6.07, 6.45) is 5.73. The van der Waals surface area contributed by atoms with Crippen molar-refractivity contribution in [3.05, 3.63) is 28.7 Å². The molecule has 1 fully saturated rings. The lowest BCUT2D eigenvalue weighted by atomic mass is 10.0. The van der Waals surface area contributed by atoms with Gasteiger partial charge in [-0.15, -0.1) is 0 Å². The number of rotatable bonds is 8. The van der Waals surface area contributed by atoms with Crippen LogP contribution in [0.4, 0.5) is 0 Å². The van der Waals surface area contributed by atoms with Gasteiger partial charge in [0.1, 0.15) is 11.6 Å². The van der Waals surface area contributed by atoms with E-state index in [1.54, 1.807) is 4.52 Å². The van der Waals surface area contributed by atoms with E-state index in [0.717, 1.165) is 62.5 Å². The molecule has 0 radical (unpaired) electrons. The minimum Gasteiger partial charge on any atom is -0.378 e. The number of nitriles is 1. The maximum absolute atomic E-state index is 12.7. The summed E-state index contributed by atoms with van der Waals surface area (Å²) in [5.41, 5.74) is 3.87. The number of aromatic nitrogens is 3. The van der Waals surface area contributed by atoms with E-state index in [1.165, 1.54) is 6.20 Å². The minimum absolute atomic E-state index is 0.179. The van der Waals surface area contributed by atoms with Gasteiger partial charge in [-0.25, -0.2) is 9.50 Å². The molecule has 0 aromatic carbocycles. The standard InChI is InChI=1S/C22H32N6O2/c1-16-20(17(2)28-22(25-16)18(14-23)15-24-28)6-7-21(29)27-11-8-19(9-12-27)30-13-5-10-26(3)4/h15,19H,5-13H2,1-4H3. The van der Waals surface area contributed by atoms with E-state index in [0.29, 0.717) is 24.1 Å². The highest BCUT2D eigenvalue weighted by Gasteiger charge is 2.23. The number of piperidine rings is 1. The molecule has 0 aliphatic carbocycles. The van der Waals surface area contributed by atoms with Crippen LogP contribution in [0.1, 0.15) is 48.2 Å². The van der Waals surface area contributed by atoms with Crippen molar-refractivity contribution in [3.63, 3.8) is 0 Å². The summed E-state index contributed by atoms with van der Waals surface area (Å²) >= 11 is 0. The lowest BCUT2D eigenvalue weighted by molar-refractivity contribution is -0.133. The second-order valence-electron chi connectivity index (χ2n) is 8.27. The Morgan fingerprint density at radius 1 is 1.33 bits per heavy atom. The molecule has 1 saturated heterocycles. The molecule has 30 heavy (non-hydrogen) atoms. The first-order valence-corrected chi connectivity index (χ1v) is 10.7. The van der Waals surface area contributed by atoms with E-state index in [4.69, 9.17) is 4.74 Å². The lowest BCUT2D eigenvalue weighted by Gasteiger charge is -2.32. The van der Waals surface area contributed by atoms with E-state index in [9.17, 15) is 10.1 Å². The molecule has 0 unspecified atom stereocenters. The van der Waals surface area contributed by atoms with Gasteiger partial charge in [-0.3, -0.25) is 4.79 Å². The Kier molecular flexibility index (Phi) is 7.40. The number of ether oxygens (including phenoxy) is 1. The number of carbonyl (C=O) groups is 1. The third-order valence-electron chi connectivity index (χ3n) is 5.82. The smallest absolute Gasteiger partial charge is 0.222 e. The highest BCUT2D eigenvalue weighted by molar-refractivity contribution is 5.76. The van der Waals surface area contributed by atoms with E-state index in [-0.39, 0.29) is 12.0 Å². The van der Waals surface area contributed by atoms with E-state index >= 15 is 0 Å². The van der Waals surface area contributed by atoms with Crippen LogP contribution in [-0.2, 0) is 16.0 Å². The van der Waals surface area contributed by atoms with Crippen LogP contribution in [0.15, 0.2) is 6.20 Å². The fourth-order valence-electron chi connectivity index (χ4n) is 4.04. The molecule has 162 valence electrons. The van der Waals surface area contributed by atoms with Crippen LogP contribution in [0.2, 0.25) is 0 Å². The highest BCUT2D eigenvalue weighted by Crippen LogP contribution is 2.20. The molecule has 3 heterocycles. The number of amides is 1. The van der Waals surface area contributed by atoms with Gasteiger partial charge in [0.25, 0.3) is 0 Å². The van der Waals surface area contributed by atoms with E-state index in [2.05, 4.69) is 35.1 Å². The maximum Gasteiger partial charge on any atom is 0.222 e. The second kappa shape index (κ2) is 10.0. The molecule has 1 aliphatic rings. The zero-order chi connectivity index (χ0) is 21.7. The minimum atomic E-state index is 0.179. The quantitative estimate of drug-likeness (QED) is 0.617. The number of carbonyl (C=O) groups excluding carboxylic acids is 1. The molecule has 3 rings (SSSR count). The third kappa shape index (κ3) is 5.15. The monoisotopic (exact) mass is 412 g/mol. The van der Waals surface area contributed by atoms with Crippen LogP contribution in [0.25, 0.3) is 5.65 Å². The molecule has 8 heteroatoms. The van der Waals surface area contributed by atoms with Gasteiger partial charge < -0.3 is 14.5 Å². The SMILES string of the molecule is Cc1nc2c(C#N)cnn2c(C)c1CCC(=O)N1CCC(OCCCN(C)C)CC1. The predicted molar refractivity (Wildman–Crippen MR) is 114 cm³/mol. The summed E-state index contributed by atoms with van der Waals surface area (Å²) < 4.78 is 7.67. The number of nitrogens with zero attached hydrogens (tertiary/aromatic N) is 6. The Morgan fingerprint density at radius 3 is 2.73 bits per heavy atom. The molecule has 8 nitrogen and oxygen atoms in total. The van der Waals surface area contributed by atoms with Gasteiger partial charge in [0.05, 0.1) is 12.3 Å². The Bertz CT molecular complexity index is 922. The Labute approximate surface area is 178 Å². The first-order chi connectivity index (χ1) is 14.4. The van der Waals surface area contributed by atoms with Gasteiger partial charge in [-0.1, -0.05) is 0 Å². The van der Waals surface area contributed by atoms with Gasteiger partial charge in [-0.2, -0.15) is 10.4 Å². The van der Waals surface area contributed by atoms with Crippen molar-refractivity contribution < 1.29 is 9.53 Å². The Balaban J connectivity index is 1.50. The van der Waals surface area contributed by atoms with Gasteiger partial charge >= 0.3 is 0 Å². The van der Waals surface area contributed by atoms with Gasteiger partial charge in [-0.05, 0) is 65.7 Å². The summed E-state index contributed by atoms with van der Waals surface area (Å²) in [4.78, 5) is 21.4. The van der Waals surface area contributed by atoms with Gasteiger partial charge in [0.2, 0.25) is 5.91 Å². The zero-order valence-electron chi connectivity index (χ0n) is 18.5. The van der Waals surface area contributed by atoms with Crippen molar-refractivity contribution >= 4 is 11.6 Å². The van der Waals surface area contributed by atoms with Gasteiger partial charge in [0, 0.05) is 37.5 Å². The lowest BCUT2D eigenvalue weighted by Crippen LogP contribution is -2.41. The second-order valence-corrected chi connectivity index (χ2v) is 8.27. The summed E-state index contributed by atoms with van der Waals surface area (Å²) in [5.74, 6) is 0.179. The molecular weight excluding hydrogens is 380 g/mol. The maximum atomic E-state index is 12.7. The first-order valence-electron chi connectivity index (χ1n) is 10.7. The van der Waals surface area contributed by atoms with E-state index < -0.39 is 0 Å². The summed E-state index contributed by atoms with van der Waals surface area (Å²) in [6.45, 7) is 7.24. The van der Waals surface area contributed by atoms with Crippen LogP contribution < -0.4 is 0 Å². The number of hydrogen-bond acceptors (Lipinski definition) is 6. The van der Waals surface area contributed by atoms with Crippen molar-refractivity contribution in [2.24, 2.45) is 0 Å². The van der Waals surface area contributed by atoms with Crippen LogP contribution in [0.3, 0.4) is 0 Å². The molecule has 0 spiro atoms. The molecule has 2 aromatic rings. The largest absolute Gasteiger partial charge is 0.378 e. The molecule has 1 aliphatic heterocycles. The van der Waals surface area contributed by atoms with Crippen LogP contribution >= 0.6 is 0 Å². The Hall–Kier alpha value is -2.50. The van der Waals surface area contributed by atoms with Crippen molar-refractivity contribution in [1.82, 2.24) is 24.4 Å². The number of hydrogen-bond donors (Lipinski definition) is 0. The van der Waals surface area contributed by atoms with Crippen LogP contribution in [0.5, 0.6) is 0 Å². The predicted octanol–water partition coefficient (Wildman–Crippen LogP) is 2.11. The van der Waals surface area contributed by atoms with E-state index in [1.807, 2.05) is 18.7 Å². The molecule has 0 N–H and O–H groups in total. The van der Waals surface area contributed by atoms with Crippen molar-refractivity contribution in [3.8, 4) is 6.07 Å². The molecule has 2 aromatic heterocycles. The molecule has 0 atom stereocenters. The summed E-state index contributed by atoms with van der Waals surface area (Å²) in [5, 5.41) is 13.5. The fraction of sp³-hybridized carbons (Fsp3) is 0.636. The average molecular weight is 413 g/mol. The summed E-state index contributed by atoms with van der Waals surface area (Å²) in [6, 6.07) is 2.12. The summed E-state index contributed by atoms with van der Waals surface area (Å²) in [7, 11) is 4.14. The molecule has 0 saturated carbocycles. The number of fused-ring (bicyclic) bond motifs is 1. The third-order valence-corrected chi connectivity index (χ3v) is 5.82. The van der Waals surface area contributed by atoms with Crippen molar-refractivity contribution in [2.75, 3.05) is 40.3 Å². The van der Waals surface area contributed by atoms with Crippen LogP contribution in [0, 0.1) is 25.2 Å². The first kappa shape index (κ1) is 22.2. The molecule has 0 bridgehead atoms. The Morgan fingerprint density at radius 2 is 2.07 bits per heavy atom. The normalized spacial score (nSPS) is 15.1. The van der Waals surface area contributed by atoms with Crippen molar-refractivity contribution in [1.29, 1.82) is 5.26 Å². The van der Waals surface area contributed by atoms with Crippen molar-refractivity contribution in [2.45, 2.75) is 52.1 Å². The topological polar surface area (TPSA) is 86.8 Å². The van der Waals surface area contributed by atoms with Crippen LogP contribution in [-0.4, -0.2) is 76.7 Å². The highest BCUT2D eigenvalue weighted by atomic mass is 16.5. The number of aryl methyl sites for hydroxylation is 2. The number of likely N-dealkylation sites (tertiary alicyclic amines) is 1. The molecule has 1 amide bonds.